The zero-order valence-corrected chi connectivity index (χ0v) is 9.98. The summed E-state index contributed by atoms with van der Waals surface area (Å²) in [6.07, 6.45) is -4.46. The van der Waals surface area contributed by atoms with E-state index in [4.69, 9.17) is 5.11 Å². The summed E-state index contributed by atoms with van der Waals surface area (Å²) in [6, 6.07) is 7.94. The summed E-state index contributed by atoms with van der Waals surface area (Å²) in [6.45, 7) is -2.53. The molecule has 1 atom stereocenters. The lowest BCUT2D eigenvalue weighted by molar-refractivity contribution is -0.175. The Labute approximate surface area is 108 Å². The maximum absolute atomic E-state index is 11.8. The Morgan fingerprint density at radius 3 is 2.47 bits per heavy atom. The summed E-state index contributed by atoms with van der Waals surface area (Å²) in [4.78, 5) is 11.4. The van der Waals surface area contributed by atoms with Crippen LogP contribution < -0.4 is 5.32 Å². The lowest BCUT2D eigenvalue weighted by Crippen LogP contribution is -2.34. The summed E-state index contributed by atoms with van der Waals surface area (Å²) < 4.78 is 39.6. The molecule has 0 aliphatic rings. The Hall–Kier alpha value is -1.60. The lowest BCUT2D eigenvalue weighted by atomic mass is 10.1. The maximum Gasteiger partial charge on any atom is 0.411 e. The standard InChI is InChI=1S/C12H14F3NO3/c13-12(14,15)8-19-7-11(18)16-10(6-17)9-4-2-1-3-5-9/h1-5,10,17H,6-8H2,(H,16,18)/t10-/m1/s1. The fraction of sp³-hybridized carbons (Fsp3) is 0.417. The van der Waals surface area contributed by atoms with E-state index in [1.807, 2.05) is 0 Å². The zero-order chi connectivity index (χ0) is 14.3. The van der Waals surface area contributed by atoms with Gasteiger partial charge in [0, 0.05) is 0 Å². The SMILES string of the molecule is O=C(COCC(F)(F)F)N[C@H](CO)c1ccccc1. The minimum Gasteiger partial charge on any atom is -0.394 e. The van der Waals surface area contributed by atoms with Crippen LogP contribution in [-0.4, -0.2) is 37.0 Å². The van der Waals surface area contributed by atoms with Crippen molar-refractivity contribution in [1.82, 2.24) is 5.32 Å². The Bertz CT molecular complexity index is 395. The molecule has 7 heteroatoms. The summed E-state index contributed by atoms with van der Waals surface area (Å²) in [5.41, 5.74) is 0.661. The molecule has 0 spiro atoms. The summed E-state index contributed by atoms with van der Waals surface area (Å²) in [7, 11) is 0. The number of hydrogen-bond donors (Lipinski definition) is 2. The molecule has 0 unspecified atom stereocenters. The average molecular weight is 277 g/mol. The molecule has 2 N–H and O–H groups in total. The lowest BCUT2D eigenvalue weighted by Gasteiger charge is -2.16. The average Bonchev–Trinajstić information content (AvgIpc) is 2.35. The highest BCUT2D eigenvalue weighted by Gasteiger charge is 2.28. The molecule has 4 nitrogen and oxygen atoms in total. The van der Waals surface area contributed by atoms with Gasteiger partial charge >= 0.3 is 6.18 Å². The predicted molar refractivity (Wildman–Crippen MR) is 61.3 cm³/mol. The van der Waals surface area contributed by atoms with Crippen molar-refractivity contribution in [3.63, 3.8) is 0 Å². The minimum atomic E-state index is -4.46. The summed E-state index contributed by atoms with van der Waals surface area (Å²) in [5, 5.41) is 11.5. The van der Waals surface area contributed by atoms with Crippen molar-refractivity contribution in [3.8, 4) is 0 Å². The van der Waals surface area contributed by atoms with Crippen LogP contribution in [0.2, 0.25) is 0 Å². The van der Waals surface area contributed by atoms with Gasteiger partial charge < -0.3 is 15.2 Å². The second kappa shape index (κ2) is 7.10. The predicted octanol–water partition coefficient (Wildman–Crippen LogP) is 1.42. The number of alkyl halides is 3. The number of aliphatic hydroxyl groups excluding tert-OH is 1. The van der Waals surface area contributed by atoms with Crippen molar-refractivity contribution in [3.05, 3.63) is 35.9 Å². The summed E-state index contributed by atoms with van der Waals surface area (Å²) in [5.74, 6) is -0.716. The van der Waals surface area contributed by atoms with Crippen molar-refractivity contribution in [1.29, 1.82) is 0 Å². The monoisotopic (exact) mass is 277 g/mol. The molecule has 19 heavy (non-hydrogen) atoms. The van der Waals surface area contributed by atoms with Gasteiger partial charge in [0.15, 0.2) is 0 Å². The highest BCUT2D eigenvalue weighted by atomic mass is 19.4. The molecule has 0 aliphatic heterocycles. The number of ether oxygens (including phenoxy) is 1. The number of benzene rings is 1. The van der Waals surface area contributed by atoms with Gasteiger partial charge in [-0.15, -0.1) is 0 Å². The van der Waals surface area contributed by atoms with Crippen molar-refractivity contribution in [2.45, 2.75) is 12.2 Å². The molecule has 0 fully saturated rings. The molecule has 0 aliphatic carbocycles. The van der Waals surface area contributed by atoms with Crippen LogP contribution in [0, 0.1) is 0 Å². The fourth-order valence-electron chi connectivity index (χ4n) is 1.42. The van der Waals surface area contributed by atoms with Crippen LogP contribution in [0.15, 0.2) is 30.3 Å². The van der Waals surface area contributed by atoms with Crippen molar-refractivity contribution in [2.24, 2.45) is 0 Å². The van der Waals surface area contributed by atoms with Crippen LogP contribution in [-0.2, 0) is 9.53 Å². The number of nitrogens with one attached hydrogen (secondary N) is 1. The Kier molecular flexibility index (Phi) is 5.78. The number of halogens is 3. The first-order valence-corrected chi connectivity index (χ1v) is 5.52. The first-order valence-electron chi connectivity index (χ1n) is 5.52. The molecular weight excluding hydrogens is 263 g/mol. The van der Waals surface area contributed by atoms with E-state index in [0.29, 0.717) is 5.56 Å². The number of amides is 1. The van der Waals surface area contributed by atoms with Crippen molar-refractivity contribution in [2.75, 3.05) is 19.8 Å². The third kappa shape index (κ3) is 6.21. The van der Waals surface area contributed by atoms with E-state index in [9.17, 15) is 18.0 Å². The molecule has 1 rings (SSSR count). The quantitative estimate of drug-likeness (QED) is 0.826. The zero-order valence-electron chi connectivity index (χ0n) is 9.98. The normalized spacial score (nSPS) is 13.1. The highest BCUT2D eigenvalue weighted by Crippen LogP contribution is 2.14. The molecule has 0 bridgehead atoms. The molecule has 1 aromatic carbocycles. The molecule has 0 radical (unpaired) electrons. The van der Waals surface area contributed by atoms with E-state index in [1.54, 1.807) is 30.3 Å². The topological polar surface area (TPSA) is 58.6 Å². The molecule has 0 saturated carbocycles. The third-order valence-corrected chi connectivity index (χ3v) is 2.22. The van der Waals surface area contributed by atoms with E-state index in [2.05, 4.69) is 10.1 Å². The van der Waals surface area contributed by atoms with Gasteiger partial charge in [-0.2, -0.15) is 13.2 Å². The first-order chi connectivity index (χ1) is 8.92. The number of carbonyl (C=O) groups excluding carboxylic acids is 1. The van der Waals surface area contributed by atoms with Crippen molar-refractivity contribution >= 4 is 5.91 Å². The maximum atomic E-state index is 11.8. The van der Waals surface area contributed by atoms with Crippen LogP contribution in [0.25, 0.3) is 0 Å². The fourth-order valence-corrected chi connectivity index (χ4v) is 1.42. The number of hydrogen-bond acceptors (Lipinski definition) is 3. The Morgan fingerprint density at radius 2 is 1.95 bits per heavy atom. The highest BCUT2D eigenvalue weighted by molar-refractivity contribution is 5.77. The van der Waals surface area contributed by atoms with Crippen LogP contribution in [0.5, 0.6) is 0 Å². The molecule has 0 aromatic heterocycles. The van der Waals surface area contributed by atoms with Gasteiger partial charge in [0.05, 0.1) is 12.6 Å². The van der Waals surface area contributed by atoms with Gasteiger partial charge in [0.1, 0.15) is 13.2 Å². The second-order valence-corrected chi connectivity index (χ2v) is 3.82. The van der Waals surface area contributed by atoms with Gasteiger partial charge in [-0.05, 0) is 5.56 Å². The van der Waals surface area contributed by atoms with Gasteiger partial charge in [0.2, 0.25) is 5.91 Å². The molecule has 106 valence electrons. The summed E-state index contributed by atoms with van der Waals surface area (Å²) >= 11 is 0. The Balaban J connectivity index is 2.42. The molecule has 1 aromatic rings. The van der Waals surface area contributed by atoms with Crippen LogP contribution in [0.3, 0.4) is 0 Å². The third-order valence-electron chi connectivity index (χ3n) is 2.22. The van der Waals surface area contributed by atoms with Crippen LogP contribution >= 0.6 is 0 Å². The van der Waals surface area contributed by atoms with Crippen LogP contribution in [0.1, 0.15) is 11.6 Å². The first kappa shape index (κ1) is 15.5. The largest absolute Gasteiger partial charge is 0.411 e. The minimum absolute atomic E-state index is 0.352. The molecule has 0 heterocycles. The van der Waals surface area contributed by atoms with E-state index in [0.717, 1.165) is 0 Å². The van der Waals surface area contributed by atoms with Gasteiger partial charge in [-0.25, -0.2) is 0 Å². The van der Waals surface area contributed by atoms with Gasteiger partial charge in [0.25, 0.3) is 0 Å². The molecular formula is C12H14F3NO3. The Morgan fingerprint density at radius 1 is 1.32 bits per heavy atom. The van der Waals surface area contributed by atoms with Crippen LogP contribution in [0.4, 0.5) is 13.2 Å². The van der Waals surface area contributed by atoms with Gasteiger partial charge in [-0.1, -0.05) is 30.3 Å². The van der Waals surface area contributed by atoms with E-state index in [-0.39, 0.29) is 6.61 Å². The van der Waals surface area contributed by atoms with Crippen molar-refractivity contribution < 1.29 is 27.8 Å². The molecule has 1 amide bonds. The molecule has 0 saturated heterocycles. The number of aliphatic hydroxyl groups is 1. The number of carbonyl (C=O) groups is 1. The van der Waals surface area contributed by atoms with E-state index in [1.165, 1.54) is 0 Å². The number of rotatable bonds is 6. The second-order valence-electron chi connectivity index (χ2n) is 3.82. The van der Waals surface area contributed by atoms with E-state index >= 15 is 0 Å². The van der Waals surface area contributed by atoms with Gasteiger partial charge in [-0.3, -0.25) is 4.79 Å². The van der Waals surface area contributed by atoms with E-state index < -0.39 is 31.3 Å². The smallest absolute Gasteiger partial charge is 0.394 e.